The van der Waals surface area contributed by atoms with Crippen LogP contribution in [0, 0.1) is 6.92 Å². The fourth-order valence-electron chi connectivity index (χ4n) is 3.51. The predicted molar refractivity (Wildman–Crippen MR) is 121 cm³/mol. The van der Waals surface area contributed by atoms with E-state index in [4.69, 9.17) is 16.6 Å². The van der Waals surface area contributed by atoms with Gasteiger partial charge in [-0.25, -0.2) is 4.98 Å². The van der Waals surface area contributed by atoms with Crippen molar-refractivity contribution in [1.82, 2.24) is 4.98 Å². The maximum Gasteiger partial charge on any atom is 0.256 e. The topological polar surface area (TPSA) is 42.0 Å². The minimum atomic E-state index is -0.136. The first-order chi connectivity index (χ1) is 14.1. The second kappa shape index (κ2) is 8.06. The molecule has 0 saturated heterocycles. The number of fused-ring (bicyclic) bond motifs is 1. The second-order valence-corrected chi connectivity index (χ2v) is 7.43. The molecule has 0 aliphatic rings. The number of aryl methyl sites for hydroxylation is 2. The molecule has 0 aliphatic heterocycles. The normalized spacial score (nSPS) is 10.9. The van der Waals surface area contributed by atoms with Crippen molar-refractivity contribution in [2.75, 3.05) is 5.32 Å². The van der Waals surface area contributed by atoms with Crippen molar-refractivity contribution in [3.63, 3.8) is 0 Å². The summed E-state index contributed by atoms with van der Waals surface area (Å²) in [7, 11) is 0. The average molecular weight is 401 g/mol. The molecular formula is C25H21ClN2O. The number of aromatic nitrogens is 1. The van der Waals surface area contributed by atoms with E-state index in [1.165, 1.54) is 0 Å². The van der Waals surface area contributed by atoms with Crippen molar-refractivity contribution in [1.29, 1.82) is 0 Å². The SMILES string of the molecule is CCc1cccc(C)c1NC(=O)c1cc(-c2ccc(Cl)cc2)nc2ccccc12. The minimum absolute atomic E-state index is 0.136. The third kappa shape index (κ3) is 3.87. The van der Waals surface area contributed by atoms with E-state index in [0.29, 0.717) is 10.6 Å². The molecule has 1 heterocycles. The van der Waals surface area contributed by atoms with Gasteiger partial charge in [-0.1, -0.05) is 67.1 Å². The molecule has 4 aromatic rings. The molecule has 29 heavy (non-hydrogen) atoms. The zero-order valence-corrected chi connectivity index (χ0v) is 17.1. The molecule has 3 aromatic carbocycles. The largest absolute Gasteiger partial charge is 0.321 e. The maximum atomic E-state index is 13.3. The lowest BCUT2D eigenvalue weighted by Crippen LogP contribution is -2.15. The number of halogens is 1. The highest BCUT2D eigenvalue weighted by Gasteiger charge is 2.16. The van der Waals surface area contributed by atoms with Crippen LogP contribution >= 0.6 is 11.6 Å². The van der Waals surface area contributed by atoms with Gasteiger partial charge in [-0.2, -0.15) is 0 Å². The standard InChI is InChI=1S/C25H21ClN2O/c1-3-17-8-6-7-16(2)24(17)28-25(29)21-15-23(18-11-13-19(26)14-12-18)27-22-10-5-4-9-20(21)22/h4-15H,3H2,1-2H3,(H,28,29). The number of hydrogen-bond acceptors (Lipinski definition) is 2. The fourth-order valence-corrected chi connectivity index (χ4v) is 3.64. The molecule has 0 atom stereocenters. The van der Waals surface area contributed by atoms with Gasteiger partial charge in [-0.05, 0) is 48.7 Å². The highest BCUT2D eigenvalue weighted by Crippen LogP contribution is 2.28. The van der Waals surface area contributed by atoms with E-state index in [-0.39, 0.29) is 5.91 Å². The Morgan fingerprint density at radius 1 is 1.00 bits per heavy atom. The number of pyridine rings is 1. The van der Waals surface area contributed by atoms with Gasteiger partial charge < -0.3 is 5.32 Å². The molecule has 4 rings (SSSR count). The number of para-hydroxylation sites is 2. The zero-order chi connectivity index (χ0) is 20.4. The zero-order valence-electron chi connectivity index (χ0n) is 16.4. The van der Waals surface area contributed by atoms with Crippen molar-refractivity contribution in [3.05, 3.63) is 94.5 Å². The van der Waals surface area contributed by atoms with E-state index in [0.717, 1.165) is 45.4 Å². The van der Waals surface area contributed by atoms with Crippen LogP contribution in [0.2, 0.25) is 5.02 Å². The van der Waals surface area contributed by atoms with Crippen LogP contribution in [0.25, 0.3) is 22.2 Å². The Labute approximate surface area is 175 Å². The number of benzene rings is 3. The highest BCUT2D eigenvalue weighted by atomic mass is 35.5. The number of nitrogens with one attached hydrogen (secondary N) is 1. The summed E-state index contributed by atoms with van der Waals surface area (Å²) in [6.45, 7) is 4.10. The summed E-state index contributed by atoms with van der Waals surface area (Å²) in [5.74, 6) is -0.136. The van der Waals surface area contributed by atoms with E-state index in [2.05, 4.69) is 12.2 Å². The smallest absolute Gasteiger partial charge is 0.256 e. The van der Waals surface area contributed by atoms with Gasteiger partial charge in [0.2, 0.25) is 0 Å². The molecule has 0 fully saturated rings. The second-order valence-electron chi connectivity index (χ2n) is 7.00. The van der Waals surface area contributed by atoms with Crippen LogP contribution in [0.1, 0.15) is 28.4 Å². The van der Waals surface area contributed by atoms with Gasteiger partial charge in [0, 0.05) is 21.7 Å². The Hall–Kier alpha value is -3.17. The van der Waals surface area contributed by atoms with Crippen LogP contribution in [0.15, 0.2) is 72.8 Å². The molecule has 0 radical (unpaired) electrons. The summed E-state index contributed by atoms with van der Waals surface area (Å²) in [5.41, 5.74) is 6.10. The van der Waals surface area contributed by atoms with Crippen molar-refractivity contribution in [2.45, 2.75) is 20.3 Å². The van der Waals surface area contributed by atoms with Crippen molar-refractivity contribution < 1.29 is 4.79 Å². The molecule has 1 N–H and O–H groups in total. The van der Waals surface area contributed by atoms with Gasteiger partial charge in [0.05, 0.1) is 16.8 Å². The first-order valence-corrected chi connectivity index (χ1v) is 10.00. The summed E-state index contributed by atoms with van der Waals surface area (Å²) in [4.78, 5) is 18.1. The molecule has 0 bridgehead atoms. The van der Waals surface area contributed by atoms with Gasteiger partial charge in [0.1, 0.15) is 0 Å². The number of carbonyl (C=O) groups excluding carboxylic acids is 1. The Kier molecular flexibility index (Phi) is 5.32. The molecule has 1 amide bonds. The lowest BCUT2D eigenvalue weighted by atomic mass is 10.0. The molecule has 3 nitrogen and oxygen atoms in total. The minimum Gasteiger partial charge on any atom is -0.321 e. The molecular weight excluding hydrogens is 380 g/mol. The van der Waals surface area contributed by atoms with E-state index in [1.54, 1.807) is 0 Å². The van der Waals surface area contributed by atoms with Crippen LogP contribution in [0.5, 0.6) is 0 Å². The van der Waals surface area contributed by atoms with Crippen LogP contribution in [0.4, 0.5) is 5.69 Å². The van der Waals surface area contributed by atoms with E-state index in [1.807, 2.05) is 79.7 Å². The number of hydrogen-bond donors (Lipinski definition) is 1. The first kappa shape index (κ1) is 19.2. The maximum absolute atomic E-state index is 13.3. The van der Waals surface area contributed by atoms with Gasteiger partial charge in [0.15, 0.2) is 0 Å². The molecule has 4 heteroatoms. The molecule has 144 valence electrons. The summed E-state index contributed by atoms with van der Waals surface area (Å²) in [5, 5.41) is 4.63. The Morgan fingerprint density at radius 3 is 2.52 bits per heavy atom. The summed E-state index contributed by atoms with van der Waals surface area (Å²) in [6.07, 6.45) is 0.852. The van der Waals surface area contributed by atoms with E-state index >= 15 is 0 Å². The first-order valence-electron chi connectivity index (χ1n) is 9.62. The number of anilines is 1. The van der Waals surface area contributed by atoms with Crippen molar-refractivity contribution in [3.8, 4) is 11.3 Å². The van der Waals surface area contributed by atoms with Gasteiger partial charge in [0.25, 0.3) is 5.91 Å². The van der Waals surface area contributed by atoms with Gasteiger partial charge >= 0.3 is 0 Å². The average Bonchev–Trinajstić information content (AvgIpc) is 2.74. The molecule has 0 spiro atoms. The highest BCUT2D eigenvalue weighted by molar-refractivity contribution is 6.30. The summed E-state index contributed by atoms with van der Waals surface area (Å²) >= 11 is 6.03. The third-order valence-electron chi connectivity index (χ3n) is 5.08. The predicted octanol–water partition coefficient (Wildman–Crippen LogP) is 6.68. The molecule has 0 unspecified atom stereocenters. The van der Waals surface area contributed by atoms with Gasteiger partial charge in [-0.3, -0.25) is 4.79 Å². The number of amides is 1. The van der Waals surface area contributed by atoms with E-state index < -0.39 is 0 Å². The molecule has 0 aliphatic carbocycles. The molecule has 0 saturated carbocycles. The van der Waals surface area contributed by atoms with Crippen LogP contribution in [-0.4, -0.2) is 10.9 Å². The van der Waals surface area contributed by atoms with Crippen molar-refractivity contribution >= 4 is 34.1 Å². The van der Waals surface area contributed by atoms with Crippen molar-refractivity contribution in [2.24, 2.45) is 0 Å². The molecule has 1 aromatic heterocycles. The number of nitrogens with zero attached hydrogens (tertiary/aromatic N) is 1. The lowest BCUT2D eigenvalue weighted by Gasteiger charge is -2.15. The number of rotatable bonds is 4. The van der Waals surface area contributed by atoms with E-state index in [9.17, 15) is 4.79 Å². The monoisotopic (exact) mass is 400 g/mol. The Bertz CT molecular complexity index is 1200. The lowest BCUT2D eigenvalue weighted by molar-refractivity contribution is 0.102. The Morgan fingerprint density at radius 2 is 1.76 bits per heavy atom. The van der Waals surface area contributed by atoms with Crippen LogP contribution in [0.3, 0.4) is 0 Å². The van der Waals surface area contributed by atoms with Gasteiger partial charge in [-0.15, -0.1) is 0 Å². The van der Waals surface area contributed by atoms with Crippen LogP contribution < -0.4 is 5.32 Å². The Balaban J connectivity index is 1.82. The quantitative estimate of drug-likeness (QED) is 0.415. The summed E-state index contributed by atoms with van der Waals surface area (Å²) in [6, 6.07) is 23.1. The number of carbonyl (C=O) groups is 1. The summed E-state index contributed by atoms with van der Waals surface area (Å²) < 4.78 is 0. The fraction of sp³-hybridized carbons (Fsp3) is 0.120. The third-order valence-corrected chi connectivity index (χ3v) is 5.33. The van der Waals surface area contributed by atoms with Crippen LogP contribution in [-0.2, 0) is 6.42 Å².